The van der Waals surface area contributed by atoms with Crippen molar-refractivity contribution in [3.8, 4) is 6.07 Å². The lowest BCUT2D eigenvalue weighted by molar-refractivity contribution is -0.0659. The van der Waals surface area contributed by atoms with E-state index in [0.717, 1.165) is 76.9 Å². The Kier molecular flexibility index (Phi) is 10.8. The number of nitriles is 1. The van der Waals surface area contributed by atoms with Crippen molar-refractivity contribution in [2.45, 2.75) is 62.1 Å². The van der Waals surface area contributed by atoms with Gasteiger partial charge in [-0.15, -0.1) is 0 Å². The van der Waals surface area contributed by atoms with Gasteiger partial charge in [-0.3, -0.25) is 0 Å². The molecule has 3 saturated heterocycles. The summed E-state index contributed by atoms with van der Waals surface area (Å²) in [5.74, 6) is -0.0882. The molecule has 1 N–H and O–H groups in total. The standard InChI is InChI=1S/C38H52F2N6O3/c1-43(2)22-31-27(21-41)12-13-34(35(31)40)46-24-37(25-46,49-4)23-45-18-14-28(15-19-45)38(26-44-16-7-17-44,29-8-5-9-30(39)20-29)32-10-6-11-33(32)42-36(47)48-3/h5,8-9,12-13,20,28,32-33H,6-7,10-11,14-19,22-26H2,1-4H3,(H,42,47)/t32-,33-,38?/m0/s1. The first kappa shape index (κ1) is 35.5. The van der Waals surface area contributed by atoms with E-state index in [1.807, 2.05) is 30.0 Å². The van der Waals surface area contributed by atoms with Gasteiger partial charge in [0.2, 0.25) is 0 Å². The van der Waals surface area contributed by atoms with Crippen molar-refractivity contribution in [1.29, 1.82) is 5.26 Å². The smallest absolute Gasteiger partial charge is 0.407 e. The van der Waals surface area contributed by atoms with Crippen LogP contribution in [0.5, 0.6) is 0 Å². The molecule has 266 valence electrons. The summed E-state index contributed by atoms with van der Waals surface area (Å²) < 4.78 is 41.9. The Morgan fingerprint density at radius 3 is 2.41 bits per heavy atom. The predicted molar refractivity (Wildman–Crippen MR) is 185 cm³/mol. The summed E-state index contributed by atoms with van der Waals surface area (Å²) in [6.45, 7) is 6.94. The number of nitrogens with one attached hydrogen (secondary N) is 1. The second kappa shape index (κ2) is 14.9. The van der Waals surface area contributed by atoms with Crippen LogP contribution in [-0.4, -0.2) is 113 Å². The van der Waals surface area contributed by atoms with Crippen LogP contribution in [0, 0.1) is 34.8 Å². The molecule has 2 aromatic carbocycles. The predicted octanol–water partition coefficient (Wildman–Crippen LogP) is 4.98. The topological polar surface area (TPSA) is 84.3 Å². The van der Waals surface area contributed by atoms with Crippen molar-refractivity contribution in [3.63, 3.8) is 0 Å². The summed E-state index contributed by atoms with van der Waals surface area (Å²) in [5.41, 5.74) is 1.61. The highest BCUT2D eigenvalue weighted by molar-refractivity contribution is 5.67. The summed E-state index contributed by atoms with van der Waals surface area (Å²) in [6.07, 6.45) is 5.55. The number of piperidine rings is 1. The Morgan fingerprint density at radius 1 is 1.04 bits per heavy atom. The molecule has 3 heterocycles. The van der Waals surface area contributed by atoms with E-state index in [-0.39, 0.29) is 29.0 Å². The molecular weight excluding hydrogens is 626 g/mol. The van der Waals surface area contributed by atoms with E-state index < -0.39 is 11.7 Å². The Morgan fingerprint density at radius 2 is 1.80 bits per heavy atom. The minimum atomic E-state index is -0.423. The van der Waals surface area contributed by atoms with E-state index in [0.29, 0.717) is 42.4 Å². The van der Waals surface area contributed by atoms with Gasteiger partial charge in [0.15, 0.2) is 5.82 Å². The normalized spacial score (nSPS) is 24.2. The van der Waals surface area contributed by atoms with Crippen LogP contribution in [0.3, 0.4) is 0 Å². The van der Waals surface area contributed by atoms with Crippen LogP contribution >= 0.6 is 0 Å². The Balaban J connectivity index is 1.20. The summed E-state index contributed by atoms with van der Waals surface area (Å²) in [5, 5.41) is 12.7. The lowest BCUT2D eigenvalue weighted by Gasteiger charge is -2.55. The zero-order valence-electron chi connectivity index (χ0n) is 29.5. The maximum Gasteiger partial charge on any atom is 0.407 e. The van der Waals surface area contributed by atoms with Crippen molar-refractivity contribution in [1.82, 2.24) is 20.0 Å². The van der Waals surface area contributed by atoms with Gasteiger partial charge in [-0.25, -0.2) is 13.6 Å². The quantitative estimate of drug-likeness (QED) is 0.337. The molecule has 9 nitrogen and oxygen atoms in total. The molecule has 49 heavy (non-hydrogen) atoms. The molecule has 0 aromatic heterocycles. The molecule has 0 bridgehead atoms. The maximum atomic E-state index is 15.7. The number of hydrogen-bond donors (Lipinski definition) is 1. The Labute approximate surface area is 290 Å². The second-order valence-corrected chi connectivity index (χ2v) is 15.0. The van der Waals surface area contributed by atoms with Gasteiger partial charge >= 0.3 is 6.09 Å². The number of nitrogens with zero attached hydrogens (tertiary/aromatic N) is 5. The first-order valence-corrected chi connectivity index (χ1v) is 17.8. The van der Waals surface area contributed by atoms with Crippen molar-refractivity contribution in [2.75, 3.05) is 85.6 Å². The average molecular weight is 679 g/mol. The molecule has 3 aliphatic heterocycles. The van der Waals surface area contributed by atoms with E-state index in [2.05, 4.69) is 27.3 Å². The van der Waals surface area contributed by atoms with Crippen molar-refractivity contribution < 1.29 is 23.0 Å². The van der Waals surface area contributed by atoms with Crippen LogP contribution < -0.4 is 10.2 Å². The molecule has 3 atom stereocenters. The number of anilines is 1. The molecular formula is C38H52F2N6O3. The van der Waals surface area contributed by atoms with Gasteiger partial charge in [0, 0.05) is 43.8 Å². The molecule has 1 amide bonds. The van der Waals surface area contributed by atoms with Crippen LogP contribution in [0.15, 0.2) is 36.4 Å². The molecule has 0 radical (unpaired) electrons. The highest BCUT2D eigenvalue weighted by Crippen LogP contribution is 2.51. The monoisotopic (exact) mass is 678 g/mol. The number of amides is 1. The molecule has 6 rings (SSSR count). The molecule has 1 saturated carbocycles. The van der Waals surface area contributed by atoms with Crippen LogP contribution in [0.1, 0.15) is 55.2 Å². The number of hydrogen-bond acceptors (Lipinski definition) is 8. The number of halogens is 2. The Hall–Kier alpha value is -3.30. The third-order valence-electron chi connectivity index (χ3n) is 11.8. The number of benzene rings is 2. The number of methoxy groups -OCH3 is 2. The van der Waals surface area contributed by atoms with Gasteiger partial charge in [0.05, 0.1) is 37.5 Å². The van der Waals surface area contributed by atoms with Crippen molar-refractivity contribution in [3.05, 3.63) is 64.7 Å². The number of carbonyl (C=O) groups excluding carboxylic acids is 1. The summed E-state index contributed by atoms with van der Waals surface area (Å²) in [4.78, 5) is 21.4. The molecule has 4 aliphatic rings. The zero-order chi connectivity index (χ0) is 34.8. The highest BCUT2D eigenvalue weighted by atomic mass is 19.1. The Bertz CT molecular complexity index is 1520. The SMILES string of the molecule is COC(=O)N[C@H]1CCC[C@@H]1C(CN1CCC1)(c1cccc(F)c1)C1CCN(CC2(OC)CN(c3ccc(C#N)c(CN(C)C)c3F)C2)CC1. The van der Waals surface area contributed by atoms with Crippen LogP contribution in [0.25, 0.3) is 0 Å². The van der Waals surface area contributed by atoms with Crippen molar-refractivity contribution >= 4 is 11.8 Å². The van der Waals surface area contributed by atoms with Gasteiger partial charge < -0.3 is 34.4 Å². The minimum absolute atomic E-state index is 0.0337. The number of likely N-dealkylation sites (tertiary alicyclic amines) is 2. The van der Waals surface area contributed by atoms with Gasteiger partial charge in [-0.1, -0.05) is 18.6 Å². The third-order valence-corrected chi connectivity index (χ3v) is 11.8. The minimum Gasteiger partial charge on any atom is -0.453 e. The first-order chi connectivity index (χ1) is 23.6. The lowest BCUT2D eigenvalue weighted by Crippen LogP contribution is -2.68. The van der Waals surface area contributed by atoms with Crippen LogP contribution in [0.4, 0.5) is 19.3 Å². The van der Waals surface area contributed by atoms with Crippen molar-refractivity contribution in [2.24, 2.45) is 11.8 Å². The van der Waals surface area contributed by atoms with Crippen LogP contribution in [0.2, 0.25) is 0 Å². The lowest BCUT2D eigenvalue weighted by atomic mass is 9.57. The van der Waals surface area contributed by atoms with E-state index in [1.54, 1.807) is 25.3 Å². The molecule has 11 heteroatoms. The van der Waals surface area contributed by atoms with E-state index in [4.69, 9.17) is 9.47 Å². The number of alkyl carbamates (subject to hydrolysis) is 1. The third kappa shape index (κ3) is 7.16. The molecule has 1 aliphatic carbocycles. The van der Waals surface area contributed by atoms with Crippen LogP contribution in [-0.2, 0) is 21.4 Å². The summed E-state index contributed by atoms with van der Waals surface area (Å²) in [7, 11) is 6.89. The fraction of sp³-hybridized carbons (Fsp3) is 0.632. The zero-order valence-corrected chi connectivity index (χ0v) is 29.5. The van der Waals surface area contributed by atoms with Gasteiger partial charge in [-0.05, 0) is 114 Å². The number of ether oxygens (including phenoxy) is 2. The summed E-state index contributed by atoms with van der Waals surface area (Å²) in [6, 6.07) is 12.8. The second-order valence-electron chi connectivity index (χ2n) is 15.0. The fourth-order valence-electron chi connectivity index (χ4n) is 9.29. The largest absolute Gasteiger partial charge is 0.453 e. The van der Waals surface area contributed by atoms with E-state index >= 15 is 8.78 Å². The molecule has 4 fully saturated rings. The van der Waals surface area contributed by atoms with E-state index in [1.165, 1.54) is 19.6 Å². The maximum absolute atomic E-state index is 15.7. The molecule has 0 spiro atoms. The van der Waals surface area contributed by atoms with Gasteiger partial charge in [-0.2, -0.15) is 5.26 Å². The van der Waals surface area contributed by atoms with E-state index in [9.17, 15) is 10.1 Å². The fourth-order valence-corrected chi connectivity index (χ4v) is 9.29. The number of rotatable bonds is 12. The van der Waals surface area contributed by atoms with Gasteiger partial charge in [0.25, 0.3) is 0 Å². The van der Waals surface area contributed by atoms with Gasteiger partial charge in [0.1, 0.15) is 11.4 Å². The average Bonchev–Trinajstić information content (AvgIpc) is 3.52. The highest BCUT2D eigenvalue weighted by Gasteiger charge is 2.54. The number of carbonyl (C=O) groups is 1. The molecule has 2 aromatic rings. The summed E-state index contributed by atoms with van der Waals surface area (Å²) >= 11 is 0. The first-order valence-electron chi connectivity index (χ1n) is 17.8. The molecule has 1 unspecified atom stereocenters.